The van der Waals surface area contributed by atoms with Crippen LogP contribution in [-0.4, -0.2) is 4.98 Å². The third-order valence-corrected chi connectivity index (χ3v) is 5.84. The Balaban J connectivity index is 2.34. The predicted molar refractivity (Wildman–Crippen MR) is 123 cm³/mol. The van der Waals surface area contributed by atoms with E-state index in [1.165, 1.54) is 27.9 Å². The minimum Gasteiger partial charge on any atom is -0.230 e. The Morgan fingerprint density at radius 2 is 1.31 bits per heavy atom. The minimum atomic E-state index is 0.442. The summed E-state index contributed by atoms with van der Waals surface area (Å²) in [5.41, 5.74) is 8.99. The van der Waals surface area contributed by atoms with Crippen molar-refractivity contribution in [2.24, 2.45) is 7.05 Å². The van der Waals surface area contributed by atoms with Crippen molar-refractivity contribution in [2.45, 2.75) is 66.2 Å². The average Bonchev–Trinajstić information content (AvgIpc) is 2.69. The van der Waals surface area contributed by atoms with Crippen LogP contribution < -0.4 is 4.57 Å². The molecule has 0 amide bonds. The summed E-state index contributed by atoms with van der Waals surface area (Å²) >= 11 is 0. The fourth-order valence-electron chi connectivity index (χ4n) is 3.91. The highest BCUT2D eigenvalue weighted by atomic mass is 15.0. The first kappa shape index (κ1) is 21.2. The zero-order valence-corrected chi connectivity index (χ0v) is 19.2. The van der Waals surface area contributed by atoms with Crippen LogP contribution in [0.1, 0.15) is 81.7 Å². The first-order valence-corrected chi connectivity index (χ1v) is 10.8. The first-order chi connectivity index (χ1) is 13.7. The SMILES string of the molecule is Cc1cc(-c2c(C(C)C)cc(C(C)C)cc2C(C)C)nc(-c2ccccc2)[n+]1C. The van der Waals surface area contributed by atoms with E-state index in [0.29, 0.717) is 17.8 Å². The Morgan fingerprint density at radius 1 is 0.759 bits per heavy atom. The van der Waals surface area contributed by atoms with Gasteiger partial charge in [-0.15, -0.1) is 0 Å². The molecule has 0 aliphatic carbocycles. The van der Waals surface area contributed by atoms with Gasteiger partial charge in [0.15, 0.2) is 5.69 Å². The van der Waals surface area contributed by atoms with Crippen molar-refractivity contribution in [3.63, 3.8) is 0 Å². The van der Waals surface area contributed by atoms with Crippen molar-refractivity contribution < 1.29 is 4.57 Å². The summed E-state index contributed by atoms with van der Waals surface area (Å²) in [6.07, 6.45) is 0. The summed E-state index contributed by atoms with van der Waals surface area (Å²) in [4.78, 5) is 5.20. The third kappa shape index (κ3) is 4.27. The maximum atomic E-state index is 5.20. The predicted octanol–water partition coefficient (Wildman–Crippen LogP) is 6.92. The van der Waals surface area contributed by atoms with Crippen LogP contribution in [0.4, 0.5) is 0 Å². The van der Waals surface area contributed by atoms with Crippen LogP contribution in [0.15, 0.2) is 48.5 Å². The van der Waals surface area contributed by atoms with Crippen molar-refractivity contribution >= 4 is 0 Å². The minimum absolute atomic E-state index is 0.442. The van der Waals surface area contributed by atoms with Gasteiger partial charge in [0.2, 0.25) is 0 Å². The lowest BCUT2D eigenvalue weighted by Crippen LogP contribution is -2.36. The molecule has 0 aliphatic heterocycles. The Hall–Kier alpha value is -2.48. The largest absolute Gasteiger partial charge is 0.330 e. The second-order valence-electron chi connectivity index (χ2n) is 9.07. The zero-order valence-electron chi connectivity index (χ0n) is 19.2. The second kappa shape index (κ2) is 8.49. The van der Waals surface area contributed by atoms with Crippen LogP contribution in [-0.2, 0) is 7.05 Å². The van der Waals surface area contributed by atoms with E-state index >= 15 is 0 Å². The molecule has 2 nitrogen and oxygen atoms in total. The van der Waals surface area contributed by atoms with Gasteiger partial charge in [0.1, 0.15) is 5.69 Å². The number of hydrogen-bond acceptors (Lipinski definition) is 1. The molecule has 29 heavy (non-hydrogen) atoms. The van der Waals surface area contributed by atoms with E-state index in [-0.39, 0.29) is 0 Å². The highest BCUT2D eigenvalue weighted by Gasteiger charge is 2.25. The van der Waals surface area contributed by atoms with Crippen molar-refractivity contribution in [1.29, 1.82) is 0 Å². The molecule has 0 unspecified atom stereocenters. The van der Waals surface area contributed by atoms with Crippen molar-refractivity contribution in [2.75, 3.05) is 0 Å². The molecular weight excluding hydrogens is 352 g/mol. The quantitative estimate of drug-likeness (QED) is 0.434. The van der Waals surface area contributed by atoms with E-state index in [4.69, 9.17) is 4.98 Å². The zero-order chi connectivity index (χ0) is 21.3. The average molecular weight is 388 g/mol. The number of aromatic nitrogens is 2. The topological polar surface area (TPSA) is 16.8 Å². The molecule has 3 rings (SSSR count). The van der Waals surface area contributed by atoms with Gasteiger partial charge in [-0.25, -0.2) is 4.57 Å². The molecule has 1 aromatic heterocycles. The van der Waals surface area contributed by atoms with Crippen LogP contribution in [0.5, 0.6) is 0 Å². The molecule has 0 saturated heterocycles. The second-order valence-corrected chi connectivity index (χ2v) is 9.07. The van der Waals surface area contributed by atoms with Gasteiger partial charge < -0.3 is 0 Å². The number of aryl methyl sites for hydroxylation is 1. The molecule has 0 saturated carbocycles. The van der Waals surface area contributed by atoms with Crippen LogP contribution in [0.25, 0.3) is 22.6 Å². The Kier molecular flexibility index (Phi) is 6.21. The highest BCUT2D eigenvalue weighted by Crippen LogP contribution is 2.38. The first-order valence-electron chi connectivity index (χ1n) is 10.8. The maximum Gasteiger partial charge on any atom is 0.330 e. The van der Waals surface area contributed by atoms with Crippen LogP contribution in [0.3, 0.4) is 0 Å². The van der Waals surface area contributed by atoms with Gasteiger partial charge >= 0.3 is 5.82 Å². The standard InChI is InChI=1S/C27H35N2/c1-17(2)22-15-23(18(3)4)26(24(16-22)19(5)6)25-14-20(7)29(8)27(28-25)21-12-10-9-11-13-21/h9-19H,1-8H3/q+1. The molecule has 0 fully saturated rings. The molecule has 0 atom stereocenters. The molecule has 0 bridgehead atoms. The highest BCUT2D eigenvalue weighted by molar-refractivity contribution is 5.72. The lowest BCUT2D eigenvalue weighted by atomic mass is 9.83. The summed E-state index contributed by atoms with van der Waals surface area (Å²) in [5.74, 6) is 2.41. The molecule has 2 aromatic carbocycles. The monoisotopic (exact) mass is 387 g/mol. The summed E-state index contributed by atoms with van der Waals surface area (Å²) in [6.45, 7) is 15.9. The van der Waals surface area contributed by atoms with Gasteiger partial charge in [0, 0.05) is 11.6 Å². The van der Waals surface area contributed by atoms with Crippen molar-refractivity contribution in [3.8, 4) is 22.6 Å². The smallest absolute Gasteiger partial charge is 0.230 e. The molecule has 152 valence electrons. The lowest BCUT2D eigenvalue weighted by molar-refractivity contribution is -0.669. The summed E-state index contributed by atoms with van der Waals surface area (Å²) < 4.78 is 2.19. The van der Waals surface area contributed by atoms with Gasteiger partial charge in [-0.05, 0) is 58.5 Å². The van der Waals surface area contributed by atoms with Crippen LogP contribution in [0.2, 0.25) is 0 Å². The molecule has 0 aliphatic rings. The van der Waals surface area contributed by atoms with E-state index in [2.05, 4.69) is 109 Å². The summed E-state index contributed by atoms with van der Waals surface area (Å²) in [5, 5.41) is 0. The van der Waals surface area contributed by atoms with Crippen molar-refractivity contribution in [1.82, 2.24) is 4.98 Å². The van der Waals surface area contributed by atoms with Gasteiger partial charge in [0.25, 0.3) is 0 Å². The van der Waals surface area contributed by atoms with E-state index in [1.54, 1.807) is 0 Å². The molecule has 3 aromatic rings. The van der Waals surface area contributed by atoms with Gasteiger partial charge in [-0.2, -0.15) is 0 Å². The molecule has 1 heterocycles. The van der Waals surface area contributed by atoms with E-state index in [0.717, 1.165) is 17.1 Å². The number of rotatable bonds is 5. The maximum absolute atomic E-state index is 5.20. The van der Waals surface area contributed by atoms with E-state index in [1.807, 2.05) is 0 Å². The Morgan fingerprint density at radius 3 is 1.79 bits per heavy atom. The van der Waals surface area contributed by atoms with Crippen LogP contribution >= 0.6 is 0 Å². The van der Waals surface area contributed by atoms with Crippen LogP contribution in [0, 0.1) is 6.92 Å². The summed E-state index contributed by atoms with van der Waals surface area (Å²) in [6, 6.07) is 17.5. The fourth-order valence-corrected chi connectivity index (χ4v) is 3.91. The normalized spacial score (nSPS) is 11.7. The van der Waals surface area contributed by atoms with E-state index < -0.39 is 0 Å². The number of nitrogens with zero attached hydrogens (tertiary/aromatic N) is 2. The summed E-state index contributed by atoms with van der Waals surface area (Å²) in [7, 11) is 2.10. The van der Waals surface area contributed by atoms with Gasteiger partial charge in [0.05, 0.1) is 12.6 Å². The lowest BCUT2D eigenvalue weighted by Gasteiger charge is -2.21. The van der Waals surface area contributed by atoms with Gasteiger partial charge in [-0.3, -0.25) is 0 Å². The third-order valence-electron chi connectivity index (χ3n) is 5.84. The molecule has 2 heteroatoms. The molecule has 0 N–H and O–H groups in total. The molecular formula is C27H35N2+. The Labute approximate surface area is 176 Å². The molecule has 0 radical (unpaired) electrons. The fraction of sp³-hybridized carbons (Fsp3) is 0.407. The van der Waals surface area contributed by atoms with E-state index in [9.17, 15) is 0 Å². The Bertz CT molecular complexity index is 970. The number of benzene rings is 2. The molecule has 0 spiro atoms. The number of hydrogen-bond donors (Lipinski definition) is 0. The van der Waals surface area contributed by atoms with Crippen molar-refractivity contribution in [3.05, 3.63) is 70.9 Å². The van der Waals surface area contributed by atoms with Gasteiger partial charge in [-0.1, -0.05) is 71.9 Å².